The molecule has 1 saturated heterocycles. The van der Waals surface area contributed by atoms with Crippen LogP contribution in [0.25, 0.3) is 6.08 Å². The van der Waals surface area contributed by atoms with Gasteiger partial charge >= 0.3 is 5.97 Å². The first-order valence-corrected chi connectivity index (χ1v) is 10.8. The molecule has 3 N–H and O–H groups in total. The molecule has 1 heterocycles. The van der Waals surface area contributed by atoms with Crippen LogP contribution in [-0.2, 0) is 9.59 Å². The van der Waals surface area contributed by atoms with Crippen LogP contribution < -0.4 is 20.1 Å². The molecule has 1 amide bonds. The summed E-state index contributed by atoms with van der Waals surface area (Å²) in [6.45, 7) is 1.68. The molecule has 0 aromatic heterocycles. The van der Waals surface area contributed by atoms with E-state index in [-0.39, 0.29) is 5.91 Å². The maximum atomic E-state index is 13.8. The van der Waals surface area contributed by atoms with Crippen molar-refractivity contribution in [1.82, 2.24) is 5.32 Å². The van der Waals surface area contributed by atoms with Crippen molar-refractivity contribution >= 4 is 58.0 Å². The number of aliphatic carboxylic acids is 1. The molecule has 0 saturated carbocycles. The van der Waals surface area contributed by atoms with Crippen molar-refractivity contribution in [1.29, 1.82) is 0 Å². The van der Waals surface area contributed by atoms with Gasteiger partial charge in [0.1, 0.15) is 5.82 Å². The van der Waals surface area contributed by atoms with Gasteiger partial charge in [-0.25, -0.2) is 9.18 Å². The number of halogens is 2. The molecule has 158 valence electrons. The molecule has 0 radical (unpaired) electrons. The first-order chi connectivity index (χ1) is 14.4. The quantitative estimate of drug-likeness (QED) is 0.343. The Kier molecular flexibility index (Phi) is 7.43. The third-order valence-electron chi connectivity index (χ3n) is 3.86. The first kappa shape index (κ1) is 22.2. The molecular formula is C20H18FIN2O5S. The minimum Gasteiger partial charge on any atom is -0.490 e. The van der Waals surface area contributed by atoms with Crippen molar-refractivity contribution in [2.45, 2.75) is 12.4 Å². The van der Waals surface area contributed by atoms with E-state index in [4.69, 9.17) is 14.6 Å². The number of hydrogen-bond acceptors (Lipinski definition) is 6. The molecule has 0 bridgehead atoms. The maximum Gasteiger partial charge on any atom is 0.341 e. The number of ether oxygens (including phenoxy) is 2. The number of para-hydroxylation sites is 1. The van der Waals surface area contributed by atoms with Crippen LogP contribution >= 0.6 is 34.4 Å². The van der Waals surface area contributed by atoms with E-state index in [9.17, 15) is 14.0 Å². The van der Waals surface area contributed by atoms with Crippen LogP contribution in [0.3, 0.4) is 0 Å². The lowest BCUT2D eigenvalue weighted by molar-refractivity contribution is -0.139. The topological polar surface area (TPSA) is 96.9 Å². The summed E-state index contributed by atoms with van der Waals surface area (Å²) in [6, 6.07) is 9.67. The monoisotopic (exact) mass is 544 g/mol. The fourth-order valence-electron chi connectivity index (χ4n) is 2.64. The van der Waals surface area contributed by atoms with Gasteiger partial charge in [0, 0.05) is 0 Å². The van der Waals surface area contributed by atoms with Crippen LogP contribution in [0, 0.1) is 9.39 Å². The first-order valence-electron chi connectivity index (χ1n) is 8.88. The highest BCUT2D eigenvalue weighted by atomic mass is 127. The van der Waals surface area contributed by atoms with Gasteiger partial charge in [-0.15, -0.1) is 0 Å². The van der Waals surface area contributed by atoms with Crippen LogP contribution in [0.15, 0.2) is 41.3 Å². The number of carbonyl (C=O) groups excluding carboxylic acids is 1. The highest BCUT2D eigenvalue weighted by Gasteiger charge is 2.28. The van der Waals surface area contributed by atoms with Crippen molar-refractivity contribution in [3.63, 3.8) is 0 Å². The van der Waals surface area contributed by atoms with E-state index >= 15 is 0 Å². The summed E-state index contributed by atoms with van der Waals surface area (Å²) < 4.78 is 25.4. The van der Waals surface area contributed by atoms with E-state index in [2.05, 4.69) is 10.6 Å². The van der Waals surface area contributed by atoms with Crippen molar-refractivity contribution in [2.24, 2.45) is 0 Å². The lowest BCUT2D eigenvalue weighted by Gasteiger charge is -2.14. The maximum absolute atomic E-state index is 13.8. The highest BCUT2D eigenvalue weighted by molar-refractivity contribution is 14.1. The second-order valence-electron chi connectivity index (χ2n) is 6.05. The summed E-state index contributed by atoms with van der Waals surface area (Å²) in [4.78, 5) is 23.6. The molecule has 2 aromatic carbocycles. The molecule has 10 heteroatoms. The van der Waals surface area contributed by atoms with Gasteiger partial charge in [-0.1, -0.05) is 23.9 Å². The third kappa shape index (κ3) is 5.57. The Hall–Kier alpha value is -2.47. The van der Waals surface area contributed by atoms with Gasteiger partial charge < -0.3 is 25.2 Å². The molecular weight excluding hydrogens is 526 g/mol. The molecule has 0 aliphatic carbocycles. The van der Waals surface area contributed by atoms with Gasteiger partial charge in [0.15, 0.2) is 23.6 Å². The average Bonchev–Trinajstić information content (AvgIpc) is 3.02. The largest absolute Gasteiger partial charge is 0.490 e. The SMILES string of the molecule is CCOc1cc(/C=C2\SC(Nc3ccccc3F)NC2=O)cc(I)c1OCC(=O)O. The van der Waals surface area contributed by atoms with Crippen LogP contribution in [0.4, 0.5) is 10.1 Å². The minimum absolute atomic E-state index is 0.284. The summed E-state index contributed by atoms with van der Waals surface area (Å²) in [5.41, 5.74) is 0.476. The minimum atomic E-state index is -1.09. The summed E-state index contributed by atoms with van der Waals surface area (Å²) in [6.07, 6.45) is 1.69. The van der Waals surface area contributed by atoms with Crippen LogP contribution in [0.5, 0.6) is 11.5 Å². The second-order valence-corrected chi connectivity index (χ2v) is 8.36. The smallest absolute Gasteiger partial charge is 0.341 e. The van der Waals surface area contributed by atoms with E-state index in [1.54, 1.807) is 43.3 Å². The van der Waals surface area contributed by atoms with Crippen molar-refractivity contribution < 1.29 is 28.6 Å². The number of carbonyl (C=O) groups is 2. The second kappa shape index (κ2) is 10.0. The Labute approximate surface area is 190 Å². The van der Waals surface area contributed by atoms with Crippen molar-refractivity contribution in [2.75, 3.05) is 18.5 Å². The predicted molar refractivity (Wildman–Crippen MR) is 121 cm³/mol. The van der Waals surface area contributed by atoms with E-state index < -0.39 is 23.9 Å². The molecule has 1 atom stereocenters. The van der Waals surface area contributed by atoms with Gasteiger partial charge in [-0.05, 0) is 65.4 Å². The van der Waals surface area contributed by atoms with Gasteiger partial charge in [0.05, 0.1) is 20.8 Å². The molecule has 1 unspecified atom stereocenters. The van der Waals surface area contributed by atoms with Gasteiger partial charge in [0.2, 0.25) is 0 Å². The zero-order chi connectivity index (χ0) is 21.7. The number of amides is 1. The Morgan fingerprint density at radius 3 is 2.83 bits per heavy atom. The molecule has 30 heavy (non-hydrogen) atoms. The van der Waals surface area contributed by atoms with E-state index in [0.717, 1.165) is 0 Å². The Morgan fingerprint density at radius 2 is 2.13 bits per heavy atom. The summed E-state index contributed by atoms with van der Waals surface area (Å²) in [5, 5.41) is 14.6. The Bertz CT molecular complexity index is 1000. The summed E-state index contributed by atoms with van der Waals surface area (Å²) in [7, 11) is 0. The molecule has 2 aromatic rings. The lowest BCUT2D eigenvalue weighted by atomic mass is 10.2. The van der Waals surface area contributed by atoms with E-state index in [1.807, 2.05) is 22.6 Å². The van der Waals surface area contributed by atoms with E-state index in [0.29, 0.717) is 37.8 Å². The van der Waals surface area contributed by atoms with Crippen molar-refractivity contribution in [3.05, 3.63) is 56.3 Å². The summed E-state index contributed by atoms with van der Waals surface area (Å²) in [5.74, 6) is -1.05. The van der Waals surface area contributed by atoms with Gasteiger partial charge in [-0.2, -0.15) is 0 Å². The number of hydrogen-bond donors (Lipinski definition) is 3. The van der Waals surface area contributed by atoms with Crippen LogP contribution in [-0.4, -0.2) is 35.7 Å². The fraction of sp³-hybridized carbons (Fsp3) is 0.200. The standard InChI is InChI=1S/C20H18FIN2O5S/c1-2-28-15-8-11(7-13(22)18(15)29-10-17(25)26)9-16-19(27)24-20(30-16)23-14-6-4-3-5-12(14)21/h3-9,20,23H,2,10H2,1H3,(H,24,27)(H,25,26)/b16-9-. The number of nitrogens with one attached hydrogen (secondary N) is 2. The highest BCUT2D eigenvalue weighted by Crippen LogP contribution is 2.37. The molecule has 1 fully saturated rings. The fourth-order valence-corrected chi connectivity index (χ4v) is 4.40. The molecule has 0 spiro atoms. The third-order valence-corrected chi connectivity index (χ3v) is 5.69. The lowest BCUT2D eigenvalue weighted by Crippen LogP contribution is -2.31. The predicted octanol–water partition coefficient (Wildman–Crippen LogP) is 3.89. The zero-order valence-corrected chi connectivity index (χ0v) is 18.8. The molecule has 1 aliphatic rings. The average molecular weight is 544 g/mol. The van der Waals surface area contributed by atoms with E-state index in [1.165, 1.54) is 17.8 Å². The van der Waals surface area contributed by atoms with Crippen LogP contribution in [0.2, 0.25) is 0 Å². The molecule has 3 rings (SSSR count). The van der Waals surface area contributed by atoms with Gasteiger partial charge in [-0.3, -0.25) is 4.79 Å². The van der Waals surface area contributed by atoms with Crippen molar-refractivity contribution in [3.8, 4) is 11.5 Å². The number of anilines is 1. The molecule has 7 nitrogen and oxygen atoms in total. The van der Waals surface area contributed by atoms with Crippen LogP contribution in [0.1, 0.15) is 12.5 Å². The normalized spacial score (nSPS) is 17.0. The number of carboxylic acids is 1. The number of carboxylic acid groups (broad SMARTS) is 1. The number of rotatable bonds is 8. The molecule has 1 aliphatic heterocycles. The number of thioether (sulfide) groups is 1. The zero-order valence-electron chi connectivity index (χ0n) is 15.8. The Morgan fingerprint density at radius 1 is 1.37 bits per heavy atom. The number of benzene rings is 2. The Balaban J connectivity index is 1.80. The van der Waals surface area contributed by atoms with Gasteiger partial charge in [0.25, 0.3) is 5.91 Å². The summed E-state index contributed by atoms with van der Waals surface area (Å²) >= 11 is 3.26.